The molecule has 0 N–H and O–H groups in total. The van der Waals surface area contributed by atoms with E-state index in [9.17, 15) is 9.59 Å². The normalized spacial score (nSPS) is 16.7. The Morgan fingerprint density at radius 2 is 1.89 bits per heavy atom. The molecule has 1 atom stereocenters. The number of nitrogens with zero attached hydrogens (tertiary/aromatic N) is 3. The molecule has 2 amide bonds. The monoisotopic (exact) mass is 359 g/mol. The van der Waals surface area contributed by atoms with Gasteiger partial charge in [0.25, 0.3) is 0 Å². The van der Waals surface area contributed by atoms with Gasteiger partial charge in [0.1, 0.15) is 0 Å². The van der Waals surface area contributed by atoms with Gasteiger partial charge in [-0.3, -0.25) is 14.6 Å². The van der Waals surface area contributed by atoms with Crippen LogP contribution in [0.4, 0.5) is 11.4 Å². The van der Waals surface area contributed by atoms with Crippen LogP contribution in [0.3, 0.4) is 0 Å². The van der Waals surface area contributed by atoms with E-state index in [1.807, 2.05) is 67.6 Å². The average molecular weight is 359 g/mol. The molecule has 0 spiro atoms. The van der Waals surface area contributed by atoms with Crippen molar-refractivity contribution in [3.05, 3.63) is 66.9 Å². The molecule has 1 aliphatic heterocycles. The Morgan fingerprint density at radius 3 is 2.67 bits per heavy atom. The molecule has 2 heterocycles. The van der Waals surface area contributed by atoms with Crippen LogP contribution in [0.15, 0.2) is 66.9 Å². The minimum atomic E-state index is -0.350. The van der Waals surface area contributed by atoms with Crippen LogP contribution >= 0.6 is 0 Å². The van der Waals surface area contributed by atoms with E-state index in [-0.39, 0.29) is 24.2 Å². The van der Waals surface area contributed by atoms with E-state index in [0.717, 1.165) is 22.3 Å². The van der Waals surface area contributed by atoms with E-state index in [0.29, 0.717) is 13.1 Å². The lowest BCUT2D eigenvalue weighted by molar-refractivity contribution is -0.124. The Bertz CT molecular complexity index is 982. The lowest BCUT2D eigenvalue weighted by Crippen LogP contribution is -2.37. The largest absolute Gasteiger partial charge is 0.312 e. The molecule has 2 aromatic carbocycles. The summed E-state index contributed by atoms with van der Waals surface area (Å²) in [5.74, 6) is -0.389. The lowest BCUT2D eigenvalue weighted by Gasteiger charge is -2.24. The molecule has 136 valence electrons. The van der Waals surface area contributed by atoms with Crippen LogP contribution in [0.25, 0.3) is 10.9 Å². The predicted octanol–water partition coefficient (Wildman–Crippen LogP) is 3.64. The summed E-state index contributed by atoms with van der Waals surface area (Å²) in [5.41, 5.74) is 2.43. The van der Waals surface area contributed by atoms with E-state index >= 15 is 0 Å². The fraction of sp³-hybridized carbons (Fsp3) is 0.227. The van der Waals surface area contributed by atoms with Gasteiger partial charge in [-0.05, 0) is 31.2 Å². The van der Waals surface area contributed by atoms with Gasteiger partial charge in [-0.25, -0.2) is 0 Å². The number of hydrogen-bond acceptors (Lipinski definition) is 3. The molecular formula is C22H21N3O2. The van der Waals surface area contributed by atoms with E-state index < -0.39 is 0 Å². The molecule has 0 bridgehead atoms. The molecular weight excluding hydrogens is 338 g/mol. The molecule has 1 fully saturated rings. The number of amides is 2. The number of benzene rings is 2. The first-order valence-electron chi connectivity index (χ1n) is 9.19. The van der Waals surface area contributed by atoms with Gasteiger partial charge in [0.15, 0.2) is 0 Å². The molecule has 3 aromatic rings. The van der Waals surface area contributed by atoms with E-state index in [2.05, 4.69) is 4.98 Å². The third-order valence-electron chi connectivity index (χ3n) is 5.03. The summed E-state index contributed by atoms with van der Waals surface area (Å²) >= 11 is 0. The summed E-state index contributed by atoms with van der Waals surface area (Å²) in [4.78, 5) is 33.7. The van der Waals surface area contributed by atoms with Crippen LogP contribution in [-0.2, 0) is 9.59 Å². The maximum absolute atomic E-state index is 13.1. The van der Waals surface area contributed by atoms with Crippen molar-refractivity contribution in [3.63, 3.8) is 0 Å². The van der Waals surface area contributed by atoms with Gasteiger partial charge in [-0.1, -0.05) is 36.4 Å². The topological polar surface area (TPSA) is 53.5 Å². The molecule has 1 aromatic heterocycles. The zero-order chi connectivity index (χ0) is 18.8. The molecule has 4 rings (SSSR count). The first-order valence-corrected chi connectivity index (χ1v) is 9.19. The van der Waals surface area contributed by atoms with Crippen molar-refractivity contribution < 1.29 is 9.59 Å². The number of fused-ring (bicyclic) bond motifs is 1. The molecule has 27 heavy (non-hydrogen) atoms. The van der Waals surface area contributed by atoms with Gasteiger partial charge < -0.3 is 9.80 Å². The molecule has 1 saturated heterocycles. The van der Waals surface area contributed by atoms with Gasteiger partial charge in [0.2, 0.25) is 11.8 Å². The summed E-state index contributed by atoms with van der Waals surface area (Å²) < 4.78 is 0. The van der Waals surface area contributed by atoms with E-state index in [1.54, 1.807) is 16.0 Å². The molecule has 0 aliphatic carbocycles. The number of hydrogen-bond donors (Lipinski definition) is 0. The molecule has 1 unspecified atom stereocenters. The zero-order valence-electron chi connectivity index (χ0n) is 15.2. The lowest BCUT2D eigenvalue weighted by atomic mass is 10.1. The number of pyridine rings is 1. The van der Waals surface area contributed by atoms with Crippen LogP contribution in [-0.4, -0.2) is 29.9 Å². The fourth-order valence-corrected chi connectivity index (χ4v) is 3.71. The van der Waals surface area contributed by atoms with Gasteiger partial charge in [-0.2, -0.15) is 0 Å². The first-order chi connectivity index (χ1) is 13.2. The second-order valence-electron chi connectivity index (χ2n) is 6.68. The highest BCUT2D eigenvalue weighted by atomic mass is 16.2. The van der Waals surface area contributed by atoms with Gasteiger partial charge in [0, 0.05) is 36.8 Å². The number of carbonyl (C=O) groups excluding carboxylic acids is 2. The predicted molar refractivity (Wildman–Crippen MR) is 107 cm³/mol. The van der Waals surface area contributed by atoms with Crippen LogP contribution in [0.1, 0.15) is 13.3 Å². The Labute approximate surface area is 158 Å². The quantitative estimate of drug-likeness (QED) is 0.715. The molecule has 0 saturated carbocycles. The fourth-order valence-electron chi connectivity index (χ4n) is 3.71. The third kappa shape index (κ3) is 3.16. The van der Waals surface area contributed by atoms with Crippen molar-refractivity contribution in [2.75, 3.05) is 22.9 Å². The summed E-state index contributed by atoms with van der Waals surface area (Å²) in [6.45, 7) is 2.91. The van der Waals surface area contributed by atoms with E-state index in [4.69, 9.17) is 0 Å². The Morgan fingerprint density at radius 1 is 1.11 bits per heavy atom. The van der Waals surface area contributed by atoms with Crippen LogP contribution in [0, 0.1) is 5.92 Å². The van der Waals surface area contributed by atoms with Crippen LogP contribution < -0.4 is 9.80 Å². The van der Waals surface area contributed by atoms with E-state index in [1.165, 1.54) is 0 Å². The summed E-state index contributed by atoms with van der Waals surface area (Å²) in [6, 6.07) is 19.2. The van der Waals surface area contributed by atoms with Crippen molar-refractivity contribution in [1.29, 1.82) is 0 Å². The highest BCUT2D eigenvalue weighted by Gasteiger charge is 2.37. The molecule has 5 nitrogen and oxygen atoms in total. The number of rotatable bonds is 4. The van der Waals surface area contributed by atoms with Crippen molar-refractivity contribution in [3.8, 4) is 0 Å². The number of carbonyl (C=O) groups is 2. The minimum absolute atomic E-state index is 0.00672. The zero-order valence-corrected chi connectivity index (χ0v) is 15.2. The third-order valence-corrected chi connectivity index (χ3v) is 5.03. The van der Waals surface area contributed by atoms with Crippen LogP contribution in [0.2, 0.25) is 0 Å². The van der Waals surface area contributed by atoms with Gasteiger partial charge in [0.05, 0.1) is 17.1 Å². The first kappa shape index (κ1) is 17.2. The number of aromatic nitrogens is 1. The average Bonchev–Trinajstić information content (AvgIpc) is 3.10. The van der Waals surface area contributed by atoms with Crippen molar-refractivity contribution in [2.45, 2.75) is 13.3 Å². The molecule has 5 heteroatoms. The maximum Gasteiger partial charge on any atom is 0.232 e. The second-order valence-corrected chi connectivity index (χ2v) is 6.68. The Balaban J connectivity index is 1.61. The second kappa shape index (κ2) is 7.19. The van der Waals surface area contributed by atoms with Gasteiger partial charge in [-0.15, -0.1) is 0 Å². The van der Waals surface area contributed by atoms with Gasteiger partial charge >= 0.3 is 0 Å². The highest BCUT2D eigenvalue weighted by molar-refractivity contribution is 6.07. The van der Waals surface area contributed by atoms with Crippen LogP contribution in [0.5, 0.6) is 0 Å². The van der Waals surface area contributed by atoms with Crippen molar-refractivity contribution in [2.24, 2.45) is 5.92 Å². The Hall–Kier alpha value is -3.21. The summed E-state index contributed by atoms with van der Waals surface area (Å²) in [7, 11) is 0. The minimum Gasteiger partial charge on any atom is -0.312 e. The van der Waals surface area contributed by atoms with Crippen molar-refractivity contribution in [1.82, 2.24) is 4.98 Å². The maximum atomic E-state index is 13.1. The Kier molecular flexibility index (Phi) is 4.59. The number of anilines is 2. The highest BCUT2D eigenvalue weighted by Crippen LogP contribution is 2.31. The summed E-state index contributed by atoms with van der Waals surface area (Å²) in [6.07, 6.45) is 1.95. The summed E-state index contributed by atoms with van der Waals surface area (Å²) in [5, 5.41) is 0.983. The number of para-hydroxylation sites is 2. The smallest absolute Gasteiger partial charge is 0.232 e. The molecule has 1 aliphatic rings. The SMILES string of the molecule is CCN(C(=O)C1CC(=O)N(c2cccc3cccnc23)C1)c1ccccc1. The standard InChI is InChI=1S/C22H21N3O2/c1-2-24(18-10-4-3-5-11-18)22(27)17-14-20(26)25(15-17)19-12-6-8-16-9-7-13-23-21(16)19/h3-13,17H,2,14-15H2,1H3. The molecule has 0 radical (unpaired) electrons. The van der Waals surface area contributed by atoms with Crippen molar-refractivity contribution >= 4 is 34.1 Å².